The smallest absolute Gasteiger partial charge is 0.344 e. The van der Waals surface area contributed by atoms with Crippen LogP contribution in [0.4, 0.5) is 5.69 Å². The van der Waals surface area contributed by atoms with Gasteiger partial charge in [0.15, 0.2) is 6.10 Å². The molecule has 308 valence electrons. The van der Waals surface area contributed by atoms with E-state index >= 15 is 4.79 Å². The average molecular weight is 793 g/mol. The van der Waals surface area contributed by atoms with Crippen molar-refractivity contribution < 1.29 is 38.4 Å². The predicted molar refractivity (Wildman–Crippen MR) is 219 cm³/mol. The fourth-order valence-electron chi connectivity index (χ4n) is 13.0. The first-order chi connectivity index (χ1) is 27.9. The van der Waals surface area contributed by atoms with Crippen LogP contribution in [0.1, 0.15) is 68.8 Å². The number of rotatable bonds is 7. The number of para-hydroxylation sites is 1. The number of anilines is 1. The lowest BCUT2D eigenvalue weighted by Crippen LogP contribution is -2.81. The molecule has 1 spiro atoms. The maximum Gasteiger partial charge on any atom is 0.344 e. The van der Waals surface area contributed by atoms with Crippen LogP contribution in [0.15, 0.2) is 60.2 Å². The minimum atomic E-state index is -2.28. The molecule has 5 aliphatic heterocycles. The standard InChI is InChI=1S/C46H56N4O8/c1-8-28-21-29-24-45(41(52)56-6,37-31(15-19-49(25-28)26-29)30-13-10-11-14-34(30)47-37)33-22-32-35(23-36(33)55-5)48(4)39-44(32)17-20-50-18-12-16-43(9-2,38(44)50)40(58-27(3)51)46(39,54)42(53)57-7/h10-14,16,21-23,29,38-40,47,54H,8-9,15,17-20,24-26H2,1-7H3/t29-,38-,39+,40-,43-,44+,45-,46-/m1/s1. The number of H-pyrrole nitrogens is 1. The van der Waals surface area contributed by atoms with Crippen LogP contribution in [0.5, 0.6) is 5.75 Å². The van der Waals surface area contributed by atoms with Crippen LogP contribution in [-0.2, 0) is 45.8 Å². The summed E-state index contributed by atoms with van der Waals surface area (Å²) in [6.45, 7) is 9.44. The van der Waals surface area contributed by atoms with Gasteiger partial charge in [-0.3, -0.25) is 19.4 Å². The fraction of sp³-hybridized carbons (Fsp3) is 0.543. The van der Waals surface area contributed by atoms with Crippen molar-refractivity contribution in [3.63, 3.8) is 0 Å². The molecule has 12 heteroatoms. The van der Waals surface area contributed by atoms with Gasteiger partial charge in [0, 0.05) is 90.9 Å². The highest BCUT2D eigenvalue weighted by atomic mass is 16.6. The first-order valence-corrected chi connectivity index (χ1v) is 20.8. The summed E-state index contributed by atoms with van der Waals surface area (Å²) in [6.07, 6.45) is 8.43. The number of nitrogens with one attached hydrogen (secondary N) is 1. The molecule has 2 aromatic carbocycles. The van der Waals surface area contributed by atoms with Gasteiger partial charge in [0.1, 0.15) is 11.2 Å². The second-order valence-corrected chi connectivity index (χ2v) is 17.5. The lowest BCUT2D eigenvalue weighted by molar-refractivity contribution is -0.228. The van der Waals surface area contributed by atoms with Crippen LogP contribution < -0.4 is 9.64 Å². The second kappa shape index (κ2) is 13.7. The number of aromatic nitrogens is 1. The predicted octanol–water partition coefficient (Wildman–Crippen LogP) is 4.80. The zero-order valence-electron chi connectivity index (χ0n) is 34.7. The van der Waals surface area contributed by atoms with Crippen molar-refractivity contribution in [2.75, 3.05) is 66.0 Å². The average Bonchev–Trinajstić information content (AvgIpc) is 3.89. The normalized spacial score (nSPS) is 34.7. The highest BCUT2D eigenvalue weighted by Gasteiger charge is 2.80. The molecule has 0 radical (unpaired) electrons. The molecule has 6 aliphatic rings. The number of carbonyl (C=O) groups excluding carboxylic acids is 3. The molecule has 2 fully saturated rings. The topological polar surface area (TPSA) is 134 Å². The Morgan fingerprint density at radius 2 is 1.78 bits per heavy atom. The zero-order valence-corrected chi connectivity index (χ0v) is 34.7. The third-order valence-corrected chi connectivity index (χ3v) is 15.1. The van der Waals surface area contributed by atoms with E-state index in [0.29, 0.717) is 43.7 Å². The summed E-state index contributed by atoms with van der Waals surface area (Å²) in [5, 5.41) is 14.4. The largest absolute Gasteiger partial charge is 0.496 e. The summed E-state index contributed by atoms with van der Waals surface area (Å²) < 4.78 is 24.0. The number of aromatic amines is 1. The number of esters is 3. The van der Waals surface area contributed by atoms with Crippen LogP contribution in [0.25, 0.3) is 10.9 Å². The summed E-state index contributed by atoms with van der Waals surface area (Å²) in [5.41, 5.74) is 1.10. The summed E-state index contributed by atoms with van der Waals surface area (Å²) in [7, 11) is 6.24. The highest BCUT2D eigenvalue weighted by Crippen LogP contribution is 2.68. The minimum Gasteiger partial charge on any atom is -0.496 e. The Bertz CT molecular complexity index is 2270. The van der Waals surface area contributed by atoms with Crippen molar-refractivity contribution in [2.24, 2.45) is 11.3 Å². The highest BCUT2D eigenvalue weighted by molar-refractivity contribution is 5.95. The molecular formula is C46H56N4O8. The van der Waals surface area contributed by atoms with E-state index in [0.717, 1.165) is 65.9 Å². The van der Waals surface area contributed by atoms with E-state index in [9.17, 15) is 14.7 Å². The molecule has 1 aliphatic carbocycles. The van der Waals surface area contributed by atoms with E-state index in [4.69, 9.17) is 18.9 Å². The van der Waals surface area contributed by atoms with Gasteiger partial charge in [-0.1, -0.05) is 55.8 Å². The Morgan fingerprint density at radius 1 is 1.00 bits per heavy atom. The first-order valence-electron chi connectivity index (χ1n) is 20.8. The molecular weight excluding hydrogens is 737 g/mol. The van der Waals surface area contributed by atoms with Crippen molar-refractivity contribution >= 4 is 34.5 Å². The summed E-state index contributed by atoms with van der Waals surface area (Å²) in [6, 6.07) is 11.2. The number of benzene rings is 2. The van der Waals surface area contributed by atoms with Crippen LogP contribution in [-0.4, -0.2) is 123 Å². The summed E-state index contributed by atoms with van der Waals surface area (Å²) >= 11 is 0. The Hall–Kier alpha value is -4.65. The number of carbonyl (C=O) groups is 3. The number of fused-ring (bicyclic) bond motifs is 6. The zero-order chi connectivity index (χ0) is 40.9. The van der Waals surface area contributed by atoms with E-state index in [1.807, 2.05) is 37.1 Å². The van der Waals surface area contributed by atoms with E-state index < -0.39 is 45.9 Å². The number of aliphatic hydroxyl groups is 1. The van der Waals surface area contributed by atoms with E-state index in [2.05, 4.69) is 58.1 Å². The van der Waals surface area contributed by atoms with Crippen LogP contribution in [0.3, 0.4) is 0 Å². The molecule has 1 aromatic heterocycles. The van der Waals surface area contributed by atoms with Crippen LogP contribution in [0.2, 0.25) is 0 Å². The second-order valence-electron chi connectivity index (χ2n) is 17.5. The fourth-order valence-corrected chi connectivity index (χ4v) is 13.0. The van der Waals surface area contributed by atoms with E-state index in [1.54, 1.807) is 7.11 Å². The molecule has 1 unspecified atom stereocenters. The van der Waals surface area contributed by atoms with Crippen molar-refractivity contribution in [3.05, 3.63) is 82.6 Å². The van der Waals surface area contributed by atoms with Gasteiger partial charge in [-0.15, -0.1) is 0 Å². The van der Waals surface area contributed by atoms with Gasteiger partial charge in [0.05, 0.1) is 27.4 Å². The number of methoxy groups -OCH3 is 3. The first kappa shape index (κ1) is 38.8. The van der Waals surface area contributed by atoms with E-state index in [1.165, 1.54) is 26.7 Å². The molecule has 2 bridgehead atoms. The van der Waals surface area contributed by atoms with Gasteiger partial charge < -0.3 is 33.9 Å². The molecule has 2 N–H and O–H groups in total. The Kier molecular flexibility index (Phi) is 9.18. The number of likely N-dealkylation sites (N-methyl/N-ethyl adjacent to an activating group) is 1. The minimum absolute atomic E-state index is 0.0217. The molecule has 1 saturated heterocycles. The van der Waals surface area contributed by atoms with Crippen molar-refractivity contribution in [2.45, 2.75) is 87.5 Å². The summed E-state index contributed by atoms with van der Waals surface area (Å²) in [5.74, 6) is -1.31. The van der Waals surface area contributed by atoms with Gasteiger partial charge >= 0.3 is 17.9 Å². The number of hydrogen-bond donors (Lipinski definition) is 2. The summed E-state index contributed by atoms with van der Waals surface area (Å²) in [4.78, 5) is 53.4. The van der Waals surface area contributed by atoms with E-state index in [-0.39, 0.29) is 17.9 Å². The lowest BCUT2D eigenvalue weighted by atomic mass is 9.47. The van der Waals surface area contributed by atoms with Crippen molar-refractivity contribution in [1.82, 2.24) is 14.8 Å². The SMILES string of the molecule is CCC1=C[C@H]2CN(CCc3c([nH]c4ccccc34)[C@](C(=O)OC)(c3cc4c(cc3OC)N(C)[C@@H]3[C@](O)(C(=O)OC)[C@H](OC(C)=O)[C@]5(CC)C=CCN6CC[C@@]43[C@H]65)C2)C1. The number of hydrogen-bond acceptors (Lipinski definition) is 11. The maximum atomic E-state index is 15.3. The maximum absolute atomic E-state index is 15.3. The van der Waals surface area contributed by atoms with Crippen LogP contribution in [0, 0.1) is 11.3 Å². The Labute approximate surface area is 340 Å². The third-order valence-electron chi connectivity index (χ3n) is 15.1. The molecule has 0 amide bonds. The monoisotopic (exact) mass is 792 g/mol. The van der Waals surface area contributed by atoms with Crippen LogP contribution >= 0.6 is 0 Å². The molecule has 6 heterocycles. The lowest BCUT2D eigenvalue weighted by Gasteiger charge is -2.63. The molecule has 12 nitrogen and oxygen atoms in total. The quantitative estimate of drug-likeness (QED) is 0.194. The van der Waals surface area contributed by atoms with Gasteiger partial charge in [0.25, 0.3) is 0 Å². The number of nitrogens with zero attached hydrogens (tertiary/aromatic N) is 3. The molecule has 3 aromatic rings. The third kappa shape index (κ3) is 4.94. The molecule has 9 atom stereocenters. The van der Waals surface area contributed by atoms with Crippen molar-refractivity contribution in [3.8, 4) is 5.75 Å². The number of ether oxygens (including phenoxy) is 4. The van der Waals surface area contributed by atoms with Crippen molar-refractivity contribution in [1.29, 1.82) is 0 Å². The van der Waals surface area contributed by atoms with Gasteiger partial charge in [-0.05, 0) is 67.8 Å². The van der Waals surface area contributed by atoms with Gasteiger partial charge in [-0.25, -0.2) is 4.79 Å². The Balaban J connectivity index is 1.37. The van der Waals surface area contributed by atoms with Gasteiger partial charge in [-0.2, -0.15) is 0 Å². The molecule has 1 saturated carbocycles. The Morgan fingerprint density at radius 3 is 2.48 bits per heavy atom. The molecule has 58 heavy (non-hydrogen) atoms. The van der Waals surface area contributed by atoms with Gasteiger partial charge in [0.2, 0.25) is 5.60 Å². The molecule has 9 rings (SSSR count).